The van der Waals surface area contributed by atoms with Crippen LogP contribution in [0.5, 0.6) is 5.75 Å². The second-order valence-electron chi connectivity index (χ2n) is 5.09. The Labute approximate surface area is 103 Å². The van der Waals surface area contributed by atoms with Gasteiger partial charge in [-0.1, -0.05) is 38.1 Å². The average molecular weight is 228 g/mol. The van der Waals surface area contributed by atoms with Crippen molar-refractivity contribution in [1.82, 2.24) is 0 Å². The molecular formula is C16H20O. The molecule has 0 atom stereocenters. The Hall–Kier alpha value is -1.50. The van der Waals surface area contributed by atoms with Gasteiger partial charge in [0.2, 0.25) is 0 Å². The Morgan fingerprint density at radius 3 is 2.18 bits per heavy atom. The largest absolute Gasteiger partial charge is 0.491 e. The molecule has 0 amide bonds. The van der Waals surface area contributed by atoms with E-state index in [4.69, 9.17) is 4.74 Å². The lowest BCUT2D eigenvalue weighted by molar-refractivity contribution is 0.243. The molecule has 2 aromatic carbocycles. The summed E-state index contributed by atoms with van der Waals surface area (Å²) < 4.78 is 5.72. The Morgan fingerprint density at radius 2 is 1.53 bits per heavy atom. The van der Waals surface area contributed by atoms with Crippen molar-refractivity contribution in [2.45, 2.75) is 39.7 Å². The van der Waals surface area contributed by atoms with Crippen LogP contribution in [-0.2, 0) is 0 Å². The minimum Gasteiger partial charge on any atom is -0.491 e. The van der Waals surface area contributed by atoms with Gasteiger partial charge in [0.1, 0.15) is 5.75 Å². The van der Waals surface area contributed by atoms with Gasteiger partial charge in [0.25, 0.3) is 0 Å². The van der Waals surface area contributed by atoms with Crippen molar-refractivity contribution < 1.29 is 4.74 Å². The zero-order chi connectivity index (χ0) is 12.4. The summed E-state index contributed by atoms with van der Waals surface area (Å²) >= 11 is 0. The molecule has 0 spiro atoms. The predicted octanol–water partition coefficient (Wildman–Crippen LogP) is 4.75. The number of ether oxygens (including phenoxy) is 1. The zero-order valence-corrected chi connectivity index (χ0v) is 11.0. The van der Waals surface area contributed by atoms with Gasteiger partial charge in [0.15, 0.2) is 0 Å². The van der Waals surface area contributed by atoms with Gasteiger partial charge >= 0.3 is 0 Å². The fourth-order valence-electron chi connectivity index (χ4n) is 1.95. The van der Waals surface area contributed by atoms with Crippen LogP contribution in [-0.4, -0.2) is 6.10 Å². The zero-order valence-electron chi connectivity index (χ0n) is 11.0. The van der Waals surface area contributed by atoms with Gasteiger partial charge in [-0.3, -0.25) is 0 Å². The van der Waals surface area contributed by atoms with E-state index in [0.29, 0.717) is 5.92 Å². The van der Waals surface area contributed by atoms with Gasteiger partial charge in [-0.25, -0.2) is 0 Å². The molecule has 0 aliphatic rings. The first-order valence-electron chi connectivity index (χ1n) is 6.26. The molecule has 0 aliphatic heterocycles. The molecule has 0 radical (unpaired) electrons. The van der Waals surface area contributed by atoms with E-state index in [9.17, 15) is 0 Å². The van der Waals surface area contributed by atoms with Gasteiger partial charge in [-0.2, -0.15) is 0 Å². The van der Waals surface area contributed by atoms with Gasteiger partial charge in [-0.05, 0) is 48.2 Å². The highest BCUT2D eigenvalue weighted by molar-refractivity contribution is 5.84. The second kappa shape index (κ2) is 4.79. The molecule has 0 N–H and O–H groups in total. The summed E-state index contributed by atoms with van der Waals surface area (Å²) in [4.78, 5) is 0. The lowest BCUT2D eigenvalue weighted by Gasteiger charge is -2.11. The van der Waals surface area contributed by atoms with Crippen LogP contribution in [0.25, 0.3) is 10.8 Å². The summed E-state index contributed by atoms with van der Waals surface area (Å²) in [6.07, 6.45) is 0.223. The van der Waals surface area contributed by atoms with Gasteiger partial charge in [-0.15, -0.1) is 0 Å². The fraction of sp³-hybridized carbons (Fsp3) is 0.375. The highest BCUT2D eigenvalue weighted by atomic mass is 16.5. The maximum absolute atomic E-state index is 5.72. The van der Waals surface area contributed by atoms with Crippen molar-refractivity contribution in [2.75, 3.05) is 0 Å². The van der Waals surface area contributed by atoms with Gasteiger partial charge in [0.05, 0.1) is 6.10 Å². The number of benzene rings is 2. The summed E-state index contributed by atoms with van der Waals surface area (Å²) in [5.41, 5.74) is 1.37. The van der Waals surface area contributed by atoms with Crippen molar-refractivity contribution in [2.24, 2.45) is 0 Å². The van der Waals surface area contributed by atoms with E-state index in [0.717, 1.165) is 5.75 Å². The molecular weight excluding hydrogens is 208 g/mol. The standard InChI is InChI=1S/C16H20O/c1-11(2)14-6-5-13-7-8-16(17-12(3)4)10-15(13)9-14/h5-12H,1-4H3. The average Bonchev–Trinajstić information content (AvgIpc) is 2.27. The van der Waals surface area contributed by atoms with Crippen molar-refractivity contribution in [1.29, 1.82) is 0 Å². The minimum atomic E-state index is 0.223. The quantitative estimate of drug-likeness (QED) is 0.736. The first-order valence-corrected chi connectivity index (χ1v) is 6.26. The third-order valence-corrected chi connectivity index (χ3v) is 2.87. The third kappa shape index (κ3) is 2.79. The van der Waals surface area contributed by atoms with Gasteiger partial charge in [0, 0.05) is 0 Å². The Kier molecular flexibility index (Phi) is 3.37. The van der Waals surface area contributed by atoms with Crippen LogP contribution in [0, 0.1) is 0 Å². The number of fused-ring (bicyclic) bond motifs is 1. The summed E-state index contributed by atoms with van der Waals surface area (Å²) in [6, 6.07) is 12.9. The molecule has 0 bridgehead atoms. The van der Waals surface area contributed by atoms with Crippen molar-refractivity contribution in [3.8, 4) is 5.75 Å². The highest BCUT2D eigenvalue weighted by Gasteiger charge is 2.03. The third-order valence-electron chi connectivity index (χ3n) is 2.87. The molecule has 0 saturated carbocycles. The van der Waals surface area contributed by atoms with Crippen LogP contribution in [0.2, 0.25) is 0 Å². The second-order valence-corrected chi connectivity index (χ2v) is 5.09. The number of rotatable bonds is 3. The molecule has 0 saturated heterocycles. The highest BCUT2D eigenvalue weighted by Crippen LogP contribution is 2.25. The molecule has 2 rings (SSSR count). The van der Waals surface area contributed by atoms with Crippen LogP contribution in [0.4, 0.5) is 0 Å². The topological polar surface area (TPSA) is 9.23 Å². The maximum Gasteiger partial charge on any atom is 0.120 e. The number of hydrogen-bond acceptors (Lipinski definition) is 1. The lowest BCUT2D eigenvalue weighted by Crippen LogP contribution is -2.05. The molecule has 90 valence electrons. The molecule has 2 aromatic rings. The molecule has 0 unspecified atom stereocenters. The molecule has 0 aromatic heterocycles. The van der Waals surface area contributed by atoms with Crippen LogP contribution in [0.1, 0.15) is 39.2 Å². The van der Waals surface area contributed by atoms with Crippen molar-refractivity contribution in [3.05, 3.63) is 42.0 Å². The van der Waals surface area contributed by atoms with Crippen LogP contribution in [0.15, 0.2) is 36.4 Å². The van der Waals surface area contributed by atoms with E-state index in [2.05, 4.69) is 58.0 Å². The molecule has 1 nitrogen and oxygen atoms in total. The molecule has 0 aliphatic carbocycles. The lowest BCUT2D eigenvalue weighted by atomic mass is 9.99. The van der Waals surface area contributed by atoms with E-state index >= 15 is 0 Å². The summed E-state index contributed by atoms with van der Waals surface area (Å²) in [7, 11) is 0. The van der Waals surface area contributed by atoms with E-state index < -0.39 is 0 Å². The molecule has 0 fully saturated rings. The first-order chi connectivity index (χ1) is 8.06. The molecule has 0 heterocycles. The summed E-state index contributed by atoms with van der Waals surface area (Å²) in [5.74, 6) is 1.52. The SMILES string of the molecule is CC(C)Oc1ccc2ccc(C(C)C)cc2c1. The maximum atomic E-state index is 5.72. The van der Waals surface area contributed by atoms with Gasteiger partial charge < -0.3 is 4.74 Å². The van der Waals surface area contributed by atoms with E-state index in [-0.39, 0.29) is 6.10 Å². The molecule has 1 heteroatoms. The Balaban J connectivity index is 2.43. The Bertz CT molecular complexity index is 512. The monoisotopic (exact) mass is 228 g/mol. The van der Waals surface area contributed by atoms with E-state index in [1.165, 1.54) is 16.3 Å². The molecule has 17 heavy (non-hydrogen) atoms. The van der Waals surface area contributed by atoms with Crippen LogP contribution < -0.4 is 4.74 Å². The van der Waals surface area contributed by atoms with E-state index in [1.807, 2.05) is 6.07 Å². The van der Waals surface area contributed by atoms with Crippen molar-refractivity contribution in [3.63, 3.8) is 0 Å². The van der Waals surface area contributed by atoms with Crippen LogP contribution >= 0.6 is 0 Å². The van der Waals surface area contributed by atoms with E-state index in [1.54, 1.807) is 0 Å². The normalized spacial score (nSPS) is 11.4. The minimum absolute atomic E-state index is 0.223. The van der Waals surface area contributed by atoms with Crippen molar-refractivity contribution >= 4 is 10.8 Å². The number of hydrogen-bond donors (Lipinski definition) is 0. The Morgan fingerprint density at radius 1 is 0.824 bits per heavy atom. The smallest absolute Gasteiger partial charge is 0.120 e. The first kappa shape index (κ1) is 12.0. The summed E-state index contributed by atoms with van der Waals surface area (Å²) in [5, 5.41) is 2.53. The van der Waals surface area contributed by atoms with Crippen LogP contribution in [0.3, 0.4) is 0 Å². The fourth-order valence-corrected chi connectivity index (χ4v) is 1.95. The predicted molar refractivity (Wildman–Crippen MR) is 73.8 cm³/mol. The summed E-state index contributed by atoms with van der Waals surface area (Å²) in [6.45, 7) is 8.54.